The molecule has 0 radical (unpaired) electrons. The lowest BCUT2D eigenvalue weighted by molar-refractivity contribution is 0.198. The average molecular weight is 276 g/mol. The van der Waals surface area contributed by atoms with Gasteiger partial charge in [-0.05, 0) is 57.8 Å². The average Bonchev–Trinajstić information content (AvgIpc) is 2.87. The van der Waals surface area contributed by atoms with E-state index in [2.05, 4.69) is 10.2 Å². The number of rotatable bonds is 4. The van der Waals surface area contributed by atoms with Crippen molar-refractivity contribution in [2.75, 3.05) is 26.2 Å². The number of likely N-dealkylation sites (tertiary alicyclic amines) is 1. The third kappa shape index (κ3) is 3.97. The second-order valence-corrected chi connectivity index (χ2v) is 5.59. The zero-order valence-electron chi connectivity index (χ0n) is 12.7. The molecule has 0 saturated carbocycles. The first-order valence-corrected chi connectivity index (χ1v) is 7.32. The van der Waals surface area contributed by atoms with Crippen LogP contribution in [-0.2, 0) is 0 Å². The first-order chi connectivity index (χ1) is 9.56. The minimum absolute atomic E-state index is 0.362. The Balaban J connectivity index is 1.82. The molecule has 1 aromatic rings. The van der Waals surface area contributed by atoms with Crippen molar-refractivity contribution in [1.82, 2.24) is 10.2 Å². The fourth-order valence-corrected chi connectivity index (χ4v) is 2.78. The molecule has 2 rings (SSSR count). The van der Waals surface area contributed by atoms with Crippen LogP contribution in [0.5, 0.6) is 5.75 Å². The molecule has 0 aromatic heterocycles. The first-order valence-electron chi connectivity index (χ1n) is 7.32. The largest absolute Gasteiger partial charge is 0.412 e. The van der Waals surface area contributed by atoms with Crippen LogP contribution in [0, 0.1) is 20.8 Å². The summed E-state index contributed by atoms with van der Waals surface area (Å²) >= 11 is 0. The fourth-order valence-electron chi connectivity index (χ4n) is 2.78. The van der Waals surface area contributed by atoms with E-state index in [0.29, 0.717) is 12.3 Å². The molecule has 1 aromatic carbocycles. The van der Waals surface area contributed by atoms with Gasteiger partial charge >= 0.3 is 6.09 Å². The predicted molar refractivity (Wildman–Crippen MR) is 80.4 cm³/mol. The molecule has 4 heteroatoms. The summed E-state index contributed by atoms with van der Waals surface area (Å²) in [4.78, 5) is 14.2. The molecule has 20 heavy (non-hydrogen) atoms. The summed E-state index contributed by atoms with van der Waals surface area (Å²) in [6, 6.07) is 4.06. The fraction of sp³-hybridized carbons (Fsp3) is 0.562. The van der Waals surface area contributed by atoms with Crippen molar-refractivity contribution in [2.24, 2.45) is 0 Å². The monoisotopic (exact) mass is 276 g/mol. The Hall–Kier alpha value is -1.55. The number of benzene rings is 1. The van der Waals surface area contributed by atoms with Gasteiger partial charge in [0.05, 0.1) is 0 Å². The molecule has 1 N–H and O–H groups in total. The molecule has 4 nitrogen and oxygen atoms in total. The van der Waals surface area contributed by atoms with Gasteiger partial charge in [-0.1, -0.05) is 17.7 Å². The number of nitrogens with one attached hydrogen (secondary N) is 1. The molecule has 1 aliphatic rings. The van der Waals surface area contributed by atoms with Crippen molar-refractivity contribution in [1.29, 1.82) is 0 Å². The van der Waals surface area contributed by atoms with Gasteiger partial charge in [0.15, 0.2) is 0 Å². The highest BCUT2D eigenvalue weighted by Gasteiger charge is 2.13. The number of hydrogen-bond donors (Lipinski definition) is 1. The van der Waals surface area contributed by atoms with E-state index in [1.807, 2.05) is 32.9 Å². The lowest BCUT2D eigenvalue weighted by atomic mass is 10.1. The van der Waals surface area contributed by atoms with Gasteiger partial charge in [-0.3, -0.25) is 0 Å². The minimum atomic E-state index is -0.362. The number of ether oxygens (including phenoxy) is 1. The summed E-state index contributed by atoms with van der Waals surface area (Å²) in [7, 11) is 0. The van der Waals surface area contributed by atoms with Gasteiger partial charge in [0, 0.05) is 13.1 Å². The third-order valence-electron chi connectivity index (χ3n) is 3.70. The Morgan fingerprint density at radius 1 is 1.20 bits per heavy atom. The number of nitrogens with zero attached hydrogens (tertiary/aromatic N) is 1. The minimum Gasteiger partial charge on any atom is -0.410 e. The molecule has 0 unspecified atom stereocenters. The third-order valence-corrected chi connectivity index (χ3v) is 3.70. The highest BCUT2D eigenvalue weighted by molar-refractivity contribution is 5.71. The lowest BCUT2D eigenvalue weighted by Gasteiger charge is -2.15. The highest BCUT2D eigenvalue weighted by Crippen LogP contribution is 2.24. The van der Waals surface area contributed by atoms with Gasteiger partial charge in [-0.15, -0.1) is 0 Å². The standard InChI is InChI=1S/C16H24N2O2/c1-12-10-13(2)15(14(3)11-12)20-16(19)17-6-9-18-7-4-5-8-18/h10-11H,4-9H2,1-3H3,(H,17,19). The topological polar surface area (TPSA) is 41.6 Å². The van der Waals surface area contributed by atoms with Crippen LogP contribution >= 0.6 is 0 Å². The summed E-state index contributed by atoms with van der Waals surface area (Å²) < 4.78 is 5.43. The van der Waals surface area contributed by atoms with Crippen LogP contribution in [-0.4, -0.2) is 37.2 Å². The van der Waals surface area contributed by atoms with E-state index in [-0.39, 0.29) is 6.09 Å². The molecule has 0 aliphatic carbocycles. The van der Waals surface area contributed by atoms with E-state index < -0.39 is 0 Å². The van der Waals surface area contributed by atoms with Gasteiger partial charge in [0.2, 0.25) is 0 Å². The quantitative estimate of drug-likeness (QED) is 0.919. The Labute approximate surface area is 121 Å². The molecule has 1 amide bonds. The van der Waals surface area contributed by atoms with Gasteiger partial charge in [-0.25, -0.2) is 4.79 Å². The van der Waals surface area contributed by atoms with Gasteiger partial charge < -0.3 is 15.0 Å². The van der Waals surface area contributed by atoms with Crippen LogP contribution < -0.4 is 10.1 Å². The SMILES string of the molecule is Cc1cc(C)c(OC(=O)NCCN2CCCC2)c(C)c1. The maximum atomic E-state index is 11.8. The van der Waals surface area contributed by atoms with Crippen molar-refractivity contribution in [3.8, 4) is 5.75 Å². The van der Waals surface area contributed by atoms with Crippen molar-refractivity contribution in [2.45, 2.75) is 33.6 Å². The summed E-state index contributed by atoms with van der Waals surface area (Å²) in [5.74, 6) is 0.675. The first kappa shape index (κ1) is 14.9. The molecule has 1 heterocycles. The smallest absolute Gasteiger partial charge is 0.410 e. The van der Waals surface area contributed by atoms with Crippen LogP contribution in [0.25, 0.3) is 0 Å². The zero-order chi connectivity index (χ0) is 14.5. The van der Waals surface area contributed by atoms with Gasteiger partial charge in [0.1, 0.15) is 5.75 Å². The molecular weight excluding hydrogens is 252 g/mol. The molecule has 1 aliphatic heterocycles. The number of carbonyl (C=O) groups excluding carboxylic acids is 1. The maximum Gasteiger partial charge on any atom is 0.412 e. The molecular formula is C16H24N2O2. The predicted octanol–water partition coefficient (Wildman–Crippen LogP) is 2.80. The van der Waals surface area contributed by atoms with Crippen LogP contribution in [0.1, 0.15) is 29.5 Å². The number of carbonyl (C=O) groups is 1. The van der Waals surface area contributed by atoms with Gasteiger partial charge in [-0.2, -0.15) is 0 Å². The zero-order valence-corrected chi connectivity index (χ0v) is 12.7. The van der Waals surface area contributed by atoms with E-state index in [9.17, 15) is 4.79 Å². The molecule has 0 atom stereocenters. The van der Waals surface area contributed by atoms with Crippen molar-refractivity contribution >= 4 is 6.09 Å². The maximum absolute atomic E-state index is 11.8. The second-order valence-electron chi connectivity index (χ2n) is 5.59. The van der Waals surface area contributed by atoms with E-state index in [0.717, 1.165) is 30.8 Å². The molecule has 110 valence electrons. The normalized spacial score (nSPS) is 15.3. The Morgan fingerprint density at radius 2 is 1.80 bits per heavy atom. The molecule has 1 saturated heterocycles. The molecule has 0 spiro atoms. The van der Waals surface area contributed by atoms with Crippen molar-refractivity contribution < 1.29 is 9.53 Å². The number of amides is 1. The molecule has 0 bridgehead atoms. The van der Waals surface area contributed by atoms with Crippen molar-refractivity contribution in [3.63, 3.8) is 0 Å². The Morgan fingerprint density at radius 3 is 2.40 bits per heavy atom. The van der Waals surface area contributed by atoms with Crippen molar-refractivity contribution in [3.05, 3.63) is 28.8 Å². The summed E-state index contributed by atoms with van der Waals surface area (Å²) in [5.41, 5.74) is 3.18. The van der Waals surface area contributed by atoms with Crippen LogP contribution in [0.3, 0.4) is 0 Å². The van der Waals surface area contributed by atoms with E-state index >= 15 is 0 Å². The Bertz CT molecular complexity index is 456. The lowest BCUT2D eigenvalue weighted by Crippen LogP contribution is -2.35. The van der Waals surface area contributed by atoms with Crippen LogP contribution in [0.4, 0.5) is 4.79 Å². The summed E-state index contributed by atoms with van der Waals surface area (Å²) in [6.45, 7) is 9.81. The van der Waals surface area contributed by atoms with Gasteiger partial charge in [0.25, 0.3) is 0 Å². The Kier molecular flexibility index (Phi) is 5.01. The highest BCUT2D eigenvalue weighted by atomic mass is 16.6. The number of hydrogen-bond acceptors (Lipinski definition) is 3. The van der Waals surface area contributed by atoms with E-state index in [1.165, 1.54) is 18.4 Å². The molecule has 1 fully saturated rings. The summed E-state index contributed by atoms with van der Waals surface area (Å²) in [6.07, 6.45) is 2.18. The second kappa shape index (κ2) is 6.75. The van der Waals surface area contributed by atoms with Crippen LogP contribution in [0.2, 0.25) is 0 Å². The van der Waals surface area contributed by atoms with Crippen LogP contribution in [0.15, 0.2) is 12.1 Å². The number of aryl methyl sites for hydroxylation is 3. The summed E-state index contributed by atoms with van der Waals surface area (Å²) in [5, 5.41) is 2.82. The van der Waals surface area contributed by atoms with E-state index in [4.69, 9.17) is 4.74 Å². The van der Waals surface area contributed by atoms with E-state index in [1.54, 1.807) is 0 Å².